The lowest BCUT2D eigenvalue weighted by molar-refractivity contribution is 0.0916. The van der Waals surface area contributed by atoms with E-state index in [1.54, 1.807) is 30.5 Å². The first-order valence-corrected chi connectivity index (χ1v) is 9.61. The fourth-order valence-electron chi connectivity index (χ4n) is 2.64. The van der Waals surface area contributed by atoms with Crippen LogP contribution in [0.4, 0.5) is 0 Å². The molecule has 0 amide bonds. The molecule has 5 heteroatoms. The minimum atomic E-state index is -3.41. The maximum absolute atomic E-state index is 12.7. The Morgan fingerprint density at radius 2 is 1.87 bits per heavy atom. The fourth-order valence-corrected chi connectivity index (χ4v) is 4.00. The highest BCUT2D eigenvalue weighted by atomic mass is 32.2. The van der Waals surface area contributed by atoms with Gasteiger partial charge in [-0.2, -0.15) is 4.31 Å². The Bertz CT molecular complexity index is 568. The van der Waals surface area contributed by atoms with E-state index in [0.29, 0.717) is 18.0 Å². The van der Waals surface area contributed by atoms with Crippen molar-refractivity contribution in [1.29, 1.82) is 0 Å². The minimum Gasteiger partial charge on any atom is -0.381 e. The van der Waals surface area contributed by atoms with Gasteiger partial charge < -0.3 is 4.74 Å². The second-order valence-corrected chi connectivity index (χ2v) is 9.16. The van der Waals surface area contributed by atoms with Gasteiger partial charge in [0, 0.05) is 20.2 Å². The SMILES string of the molecule is C=C/C(=C\C=C(/C)S(=O)(=O)N1CCCC(OC)CC1)C(C)(C)C. The molecule has 0 bridgehead atoms. The van der Waals surface area contributed by atoms with Crippen LogP contribution < -0.4 is 0 Å². The first kappa shape index (κ1) is 20.1. The number of nitrogens with zero attached hydrogens (tertiary/aromatic N) is 1. The van der Waals surface area contributed by atoms with Gasteiger partial charge in [0.2, 0.25) is 10.0 Å². The van der Waals surface area contributed by atoms with E-state index >= 15 is 0 Å². The summed E-state index contributed by atoms with van der Waals surface area (Å²) in [5.41, 5.74) is 0.957. The molecule has 23 heavy (non-hydrogen) atoms. The van der Waals surface area contributed by atoms with Crippen LogP contribution in [0.25, 0.3) is 0 Å². The molecule has 132 valence electrons. The highest BCUT2D eigenvalue weighted by Gasteiger charge is 2.27. The predicted molar refractivity (Wildman–Crippen MR) is 96.6 cm³/mol. The Kier molecular flexibility index (Phi) is 7.24. The van der Waals surface area contributed by atoms with Crippen molar-refractivity contribution in [2.24, 2.45) is 5.41 Å². The summed E-state index contributed by atoms with van der Waals surface area (Å²) in [6.07, 6.45) is 7.99. The third kappa shape index (κ3) is 5.59. The molecule has 0 saturated carbocycles. The predicted octanol–water partition coefficient (Wildman–Crippen LogP) is 3.88. The zero-order chi connectivity index (χ0) is 17.7. The average molecular weight is 342 g/mol. The summed E-state index contributed by atoms with van der Waals surface area (Å²) in [4.78, 5) is 0.372. The molecule has 1 atom stereocenters. The zero-order valence-electron chi connectivity index (χ0n) is 15.1. The van der Waals surface area contributed by atoms with E-state index in [0.717, 1.165) is 24.8 Å². The van der Waals surface area contributed by atoms with E-state index in [9.17, 15) is 8.42 Å². The Morgan fingerprint density at radius 3 is 2.39 bits per heavy atom. The molecule has 0 aliphatic carbocycles. The summed E-state index contributed by atoms with van der Waals surface area (Å²) in [6, 6.07) is 0. The van der Waals surface area contributed by atoms with Crippen molar-refractivity contribution in [2.75, 3.05) is 20.2 Å². The molecule has 0 spiro atoms. The second kappa shape index (κ2) is 8.27. The second-order valence-electron chi connectivity index (χ2n) is 7.05. The van der Waals surface area contributed by atoms with Gasteiger partial charge in [-0.05, 0) is 43.3 Å². The Labute approximate surface area is 142 Å². The van der Waals surface area contributed by atoms with Crippen molar-refractivity contribution >= 4 is 10.0 Å². The lowest BCUT2D eigenvalue weighted by Gasteiger charge is -2.21. The van der Waals surface area contributed by atoms with Gasteiger partial charge in [0.15, 0.2) is 0 Å². The van der Waals surface area contributed by atoms with Crippen molar-refractivity contribution < 1.29 is 13.2 Å². The van der Waals surface area contributed by atoms with Gasteiger partial charge in [-0.15, -0.1) is 0 Å². The number of hydrogen-bond acceptors (Lipinski definition) is 3. The molecule has 1 fully saturated rings. The first-order chi connectivity index (χ1) is 10.6. The molecule has 0 N–H and O–H groups in total. The number of methoxy groups -OCH3 is 1. The Balaban J connectivity index is 2.96. The summed E-state index contributed by atoms with van der Waals surface area (Å²) in [5, 5.41) is 0. The molecule has 1 aliphatic rings. The fraction of sp³-hybridized carbons (Fsp3) is 0.667. The third-order valence-electron chi connectivity index (χ3n) is 4.30. The molecule has 1 heterocycles. The van der Waals surface area contributed by atoms with Crippen LogP contribution in [0.2, 0.25) is 0 Å². The number of ether oxygens (including phenoxy) is 1. The molecule has 0 aromatic heterocycles. The van der Waals surface area contributed by atoms with Crippen molar-refractivity contribution in [1.82, 2.24) is 4.31 Å². The maximum Gasteiger partial charge on any atom is 0.238 e. The van der Waals surface area contributed by atoms with Crippen molar-refractivity contribution in [3.8, 4) is 0 Å². The van der Waals surface area contributed by atoms with Gasteiger partial charge in [0.1, 0.15) is 0 Å². The number of rotatable bonds is 5. The summed E-state index contributed by atoms with van der Waals surface area (Å²) < 4.78 is 32.4. The van der Waals surface area contributed by atoms with Crippen molar-refractivity contribution in [3.05, 3.63) is 35.3 Å². The highest BCUT2D eigenvalue weighted by molar-refractivity contribution is 7.93. The third-order valence-corrected chi connectivity index (χ3v) is 6.29. The van der Waals surface area contributed by atoms with Crippen LogP contribution in [-0.2, 0) is 14.8 Å². The first-order valence-electron chi connectivity index (χ1n) is 8.17. The van der Waals surface area contributed by atoms with Gasteiger partial charge in [-0.1, -0.05) is 39.5 Å². The molecular formula is C18H31NO3S. The monoisotopic (exact) mass is 341 g/mol. The summed E-state index contributed by atoms with van der Waals surface area (Å²) >= 11 is 0. The minimum absolute atomic E-state index is 0.0589. The van der Waals surface area contributed by atoms with Crippen LogP contribution in [0.15, 0.2) is 35.3 Å². The smallest absolute Gasteiger partial charge is 0.238 e. The quantitative estimate of drug-likeness (QED) is 0.713. The molecule has 1 unspecified atom stereocenters. The summed E-state index contributed by atoms with van der Waals surface area (Å²) in [6.45, 7) is 12.8. The van der Waals surface area contributed by atoms with E-state index in [1.165, 1.54) is 0 Å². The van der Waals surface area contributed by atoms with Crippen LogP contribution in [-0.4, -0.2) is 39.0 Å². The maximum atomic E-state index is 12.7. The zero-order valence-corrected chi connectivity index (χ0v) is 15.9. The van der Waals surface area contributed by atoms with Crippen molar-refractivity contribution in [3.63, 3.8) is 0 Å². The van der Waals surface area contributed by atoms with Crippen molar-refractivity contribution in [2.45, 2.75) is 53.1 Å². The van der Waals surface area contributed by atoms with Crippen LogP contribution >= 0.6 is 0 Å². The van der Waals surface area contributed by atoms with E-state index < -0.39 is 10.0 Å². The van der Waals surface area contributed by atoms with Crippen LogP contribution in [0.1, 0.15) is 47.0 Å². The summed E-state index contributed by atoms with van der Waals surface area (Å²) in [5.74, 6) is 0. The number of sulfonamides is 1. The Morgan fingerprint density at radius 1 is 1.22 bits per heavy atom. The van der Waals surface area contributed by atoms with E-state index in [4.69, 9.17) is 4.74 Å². The van der Waals surface area contributed by atoms with E-state index in [2.05, 4.69) is 27.4 Å². The lowest BCUT2D eigenvalue weighted by Crippen LogP contribution is -2.32. The summed E-state index contributed by atoms with van der Waals surface area (Å²) in [7, 11) is -1.72. The van der Waals surface area contributed by atoms with Crippen LogP contribution in [0.3, 0.4) is 0 Å². The van der Waals surface area contributed by atoms with E-state index in [-0.39, 0.29) is 11.5 Å². The normalized spacial score (nSPS) is 22.7. The topological polar surface area (TPSA) is 46.6 Å². The Hall–Kier alpha value is -0.910. The standard InChI is InChI=1S/C18H31NO3S/c1-7-16(18(3,4)5)11-10-15(2)23(20,21)19-13-8-9-17(22-6)12-14-19/h7,10-11,17H,1,8-9,12-14H2,2-6H3/b15-10+,16-11+. The van der Waals surface area contributed by atoms with Gasteiger partial charge in [-0.25, -0.2) is 8.42 Å². The van der Waals surface area contributed by atoms with E-state index in [1.807, 2.05) is 6.08 Å². The molecular weight excluding hydrogens is 310 g/mol. The molecule has 4 nitrogen and oxygen atoms in total. The molecule has 0 radical (unpaired) electrons. The van der Waals surface area contributed by atoms with Crippen LogP contribution in [0, 0.1) is 5.41 Å². The molecule has 1 rings (SSSR count). The average Bonchev–Trinajstić information content (AvgIpc) is 2.71. The molecule has 1 aliphatic heterocycles. The molecule has 1 saturated heterocycles. The van der Waals surface area contributed by atoms with Gasteiger partial charge in [0.25, 0.3) is 0 Å². The number of allylic oxidation sites excluding steroid dienone is 5. The van der Waals surface area contributed by atoms with Crippen LogP contribution in [0.5, 0.6) is 0 Å². The molecule has 0 aromatic rings. The highest BCUT2D eigenvalue weighted by Crippen LogP contribution is 2.27. The van der Waals surface area contributed by atoms with Gasteiger partial charge in [-0.3, -0.25) is 0 Å². The lowest BCUT2D eigenvalue weighted by atomic mass is 9.86. The molecule has 0 aromatic carbocycles. The van der Waals surface area contributed by atoms with Gasteiger partial charge >= 0.3 is 0 Å². The largest absolute Gasteiger partial charge is 0.381 e. The number of hydrogen-bond donors (Lipinski definition) is 0. The van der Waals surface area contributed by atoms with Gasteiger partial charge in [0.05, 0.1) is 11.0 Å².